The van der Waals surface area contributed by atoms with Crippen molar-refractivity contribution in [3.63, 3.8) is 0 Å². The molecule has 0 aliphatic carbocycles. The summed E-state index contributed by atoms with van der Waals surface area (Å²) >= 11 is 0. The fraction of sp³-hybridized carbons (Fsp3) is 0. The molecule has 4 aromatic heterocycles. The fourth-order valence-electron chi connectivity index (χ4n) is 11.0. The van der Waals surface area contributed by atoms with Crippen molar-refractivity contribution in [1.29, 1.82) is 0 Å². The van der Waals surface area contributed by atoms with Crippen molar-refractivity contribution in [3.05, 3.63) is 273 Å². The van der Waals surface area contributed by atoms with Gasteiger partial charge in [-0.3, -0.25) is 13.7 Å². The van der Waals surface area contributed by atoms with Crippen molar-refractivity contribution in [1.82, 2.24) is 23.7 Å². The van der Waals surface area contributed by atoms with Crippen LogP contribution in [0.1, 0.15) is 0 Å². The largest absolute Gasteiger partial charge is 0.457 e. The number of benzene rings is 10. The molecule has 74 heavy (non-hydrogen) atoms. The predicted octanol–water partition coefficient (Wildman–Crippen LogP) is 17.6. The SMILES string of the molecule is c1ccc(-c2cccc(-c3ccccc3)c2-c2ccnc(-n3c4ccccc4c4ccc(Oc5ccc6c7ccccc7n(-c7nccn7-c7c(-c8ccccc8)cccc7-c7ccccc7)c6c5)cc43)c2)cc1. The van der Waals surface area contributed by atoms with E-state index in [0.717, 1.165) is 117 Å². The van der Waals surface area contributed by atoms with Gasteiger partial charge in [0.15, 0.2) is 0 Å². The van der Waals surface area contributed by atoms with Crippen LogP contribution >= 0.6 is 0 Å². The second-order valence-electron chi connectivity index (χ2n) is 18.6. The molecule has 0 saturated heterocycles. The van der Waals surface area contributed by atoms with E-state index in [0.29, 0.717) is 11.5 Å². The lowest BCUT2D eigenvalue weighted by molar-refractivity contribution is 0.484. The van der Waals surface area contributed by atoms with Gasteiger partial charge >= 0.3 is 0 Å². The molecule has 10 aromatic carbocycles. The molecule has 0 aliphatic rings. The number of aromatic nitrogens is 5. The van der Waals surface area contributed by atoms with Gasteiger partial charge in [-0.15, -0.1) is 0 Å². The van der Waals surface area contributed by atoms with Crippen molar-refractivity contribution < 1.29 is 4.74 Å². The summed E-state index contributed by atoms with van der Waals surface area (Å²) in [6.45, 7) is 0. The standard InChI is InChI=1S/C68H45N5O/c1-5-19-46(20-6-1)53-29-17-30-54(47-21-7-2-8-22-47)66(53)50-39-40-69-65(43-50)72-61-33-15-13-27-57(61)59-37-35-51(44-63(59)72)74-52-36-38-60-58-28-14-16-34-62(58)73(64(60)45-52)68-70-41-42-71(68)67-55(48-23-9-3-10-24-48)31-18-32-56(67)49-25-11-4-12-26-49/h1-45H. The predicted molar refractivity (Wildman–Crippen MR) is 304 cm³/mol. The maximum Gasteiger partial charge on any atom is 0.219 e. The first-order valence-corrected chi connectivity index (χ1v) is 25.0. The number of hydrogen-bond donors (Lipinski definition) is 0. The lowest BCUT2D eigenvalue weighted by Crippen LogP contribution is -2.07. The van der Waals surface area contributed by atoms with E-state index in [2.05, 4.69) is 275 Å². The molecular weight excluding hydrogens is 903 g/mol. The zero-order valence-electron chi connectivity index (χ0n) is 40.1. The maximum atomic E-state index is 6.97. The summed E-state index contributed by atoms with van der Waals surface area (Å²) in [7, 11) is 0. The van der Waals surface area contributed by atoms with Gasteiger partial charge in [-0.2, -0.15) is 0 Å². The molecule has 0 amide bonds. The Morgan fingerprint density at radius 3 is 1.30 bits per heavy atom. The molecule has 0 aliphatic heterocycles. The van der Waals surface area contributed by atoms with Crippen LogP contribution in [0.3, 0.4) is 0 Å². The van der Waals surface area contributed by atoms with E-state index in [1.165, 1.54) is 0 Å². The minimum Gasteiger partial charge on any atom is -0.457 e. The van der Waals surface area contributed by atoms with Crippen LogP contribution in [0.4, 0.5) is 0 Å². The maximum absolute atomic E-state index is 6.97. The number of imidazole rings is 1. The topological polar surface area (TPSA) is 49.8 Å². The molecule has 14 rings (SSSR count). The number of pyridine rings is 1. The zero-order valence-corrected chi connectivity index (χ0v) is 40.1. The quantitative estimate of drug-likeness (QED) is 0.137. The van der Waals surface area contributed by atoms with E-state index in [1.807, 2.05) is 12.4 Å². The summed E-state index contributed by atoms with van der Waals surface area (Å²) in [5, 5.41) is 4.49. The van der Waals surface area contributed by atoms with Crippen molar-refractivity contribution >= 4 is 43.6 Å². The Labute approximate surface area is 427 Å². The molecule has 0 bridgehead atoms. The second-order valence-corrected chi connectivity index (χ2v) is 18.6. The van der Waals surface area contributed by atoms with Gasteiger partial charge in [0.25, 0.3) is 0 Å². The number of hydrogen-bond acceptors (Lipinski definition) is 3. The van der Waals surface area contributed by atoms with Crippen LogP contribution in [0.5, 0.6) is 11.5 Å². The summed E-state index contributed by atoms with van der Waals surface area (Å²) in [6.07, 6.45) is 5.91. The fourth-order valence-corrected chi connectivity index (χ4v) is 11.0. The van der Waals surface area contributed by atoms with E-state index in [9.17, 15) is 0 Å². The minimum atomic E-state index is 0.711. The van der Waals surface area contributed by atoms with Gasteiger partial charge in [0.1, 0.15) is 17.3 Å². The Morgan fingerprint density at radius 1 is 0.311 bits per heavy atom. The molecule has 348 valence electrons. The van der Waals surface area contributed by atoms with Crippen LogP contribution in [-0.2, 0) is 0 Å². The van der Waals surface area contributed by atoms with Gasteiger partial charge in [-0.05, 0) is 93.0 Å². The number of rotatable bonds is 10. The summed E-state index contributed by atoms with van der Waals surface area (Å²) in [4.78, 5) is 10.3. The molecule has 0 fully saturated rings. The molecule has 6 heteroatoms. The Kier molecular flexibility index (Phi) is 10.4. The van der Waals surface area contributed by atoms with Crippen LogP contribution in [-0.4, -0.2) is 23.7 Å². The Bertz CT molecular complexity index is 4270. The van der Waals surface area contributed by atoms with Crippen LogP contribution in [0, 0.1) is 0 Å². The molecular formula is C68H45N5O. The second kappa shape index (κ2) is 18.0. The van der Waals surface area contributed by atoms with Gasteiger partial charge in [-0.1, -0.05) is 194 Å². The van der Waals surface area contributed by atoms with E-state index in [-0.39, 0.29) is 0 Å². The van der Waals surface area contributed by atoms with Crippen LogP contribution in [0.15, 0.2) is 273 Å². The average Bonchev–Trinajstić information content (AvgIpc) is 4.18. The molecule has 4 heterocycles. The van der Waals surface area contributed by atoms with E-state index >= 15 is 0 Å². The van der Waals surface area contributed by atoms with Crippen molar-refractivity contribution in [3.8, 4) is 84.6 Å². The molecule has 0 spiro atoms. The molecule has 6 nitrogen and oxygen atoms in total. The van der Waals surface area contributed by atoms with E-state index < -0.39 is 0 Å². The highest BCUT2D eigenvalue weighted by Gasteiger charge is 2.23. The Hall–Kier alpha value is -10.0. The Morgan fingerprint density at radius 2 is 0.757 bits per heavy atom. The van der Waals surface area contributed by atoms with Gasteiger partial charge in [0, 0.05) is 63.4 Å². The average molecular weight is 948 g/mol. The third kappa shape index (κ3) is 7.27. The molecule has 0 unspecified atom stereocenters. The third-order valence-electron chi connectivity index (χ3n) is 14.3. The number of para-hydroxylation sites is 3. The van der Waals surface area contributed by atoms with Crippen molar-refractivity contribution in [2.45, 2.75) is 0 Å². The van der Waals surface area contributed by atoms with Gasteiger partial charge in [-0.25, -0.2) is 9.97 Å². The smallest absolute Gasteiger partial charge is 0.219 e. The van der Waals surface area contributed by atoms with Crippen LogP contribution in [0.2, 0.25) is 0 Å². The number of ether oxygens (including phenoxy) is 1. The monoisotopic (exact) mass is 947 g/mol. The minimum absolute atomic E-state index is 0.711. The van der Waals surface area contributed by atoms with E-state index in [1.54, 1.807) is 0 Å². The highest BCUT2D eigenvalue weighted by molar-refractivity contribution is 6.11. The lowest BCUT2D eigenvalue weighted by Gasteiger charge is -2.19. The first-order chi connectivity index (χ1) is 36.7. The molecule has 0 N–H and O–H groups in total. The van der Waals surface area contributed by atoms with Gasteiger partial charge < -0.3 is 4.74 Å². The molecule has 0 atom stereocenters. The van der Waals surface area contributed by atoms with Crippen LogP contribution < -0.4 is 4.74 Å². The summed E-state index contributed by atoms with van der Waals surface area (Å²) < 4.78 is 13.7. The summed E-state index contributed by atoms with van der Waals surface area (Å²) in [6, 6.07) is 89.9. The van der Waals surface area contributed by atoms with Crippen molar-refractivity contribution in [2.24, 2.45) is 0 Å². The van der Waals surface area contributed by atoms with Gasteiger partial charge in [0.2, 0.25) is 5.95 Å². The third-order valence-corrected chi connectivity index (χ3v) is 14.3. The van der Waals surface area contributed by atoms with Gasteiger partial charge in [0.05, 0.1) is 27.8 Å². The highest BCUT2D eigenvalue weighted by Crippen LogP contribution is 2.43. The number of fused-ring (bicyclic) bond motifs is 6. The number of nitrogens with zero attached hydrogens (tertiary/aromatic N) is 5. The summed E-state index contributed by atoms with van der Waals surface area (Å²) in [5.41, 5.74) is 16.5. The Balaban J connectivity index is 0.904. The molecule has 0 radical (unpaired) electrons. The van der Waals surface area contributed by atoms with E-state index in [4.69, 9.17) is 14.7 Å². The molecule has 14 aromatic rings. The van der Waals surface area contributed by atoms with Crippen LogP contribution in [0.25, 0.3) is 117 Å². The van der Waals surface area contributed by atoms with Crippen molar-refractivity contribution in [2.75, 3.05) is 0 Å². The first-order valence-electron chi connectivity index (χ1n) is 25.0. The first kappa shape index (κ1) is 42.8. The normalized spacial score (nSPS) is 11.5. The molecule has 0 saturated carbocycles. The highest BCUT2D eigenvalue weighted by atomic mass is 16.5. The summed E-state index contributed by atoms with van der Waals surface area (Å²) in [5.74, 6) is 3.02. The zero-order chi connectivity index (χ0) is 49.0. The lowest BCUT2D eigenvalue weighted by atomic mass is 9.88.